The summed E-state index contributed by atoms with van der Waals surface area (Å²) in [5.74, 6) is -0.276. The van der Waals surface area contributed by atoms with Gasteiger partial charge in [0.1, 0.15) is 6.04 Å². The first-order chi connectivity index (χ1) is 12.1. The Morgan fingerprint density at radius 2 is 1.68 bits per heavy atom. The van der Waals surface area contributed by atoms with Crippen LogP contribution in [0.3, 0.4) is 0 Å². The molecular weight excluding hydrogens is 320 g/mol. The van der Waals surface area contributed by atoms with E-state index in [9.17, 15) is 14.4 Å². The molecule has 7 nitrogen and oxygen atoms in total. The van der Waals surface area contributed by atoms with Gasteiger partial charge in [0, 0.05) is 30.5 Å². The van der Waals surface area contributed by atoms with Gasteiger partial charge in [0.25, 0.3) is 11.5 Å². The number of carbonyl (C=O) groups excluding carboxylic acids is 2. The van der Waals surface area contributed by atoms with Crippen molar-refractivity contribution < 1.29 is 9.59 Å². The number of nitrogens with zero attached hydrogens (tertiary/aromatic N) is 3. The molecule has 3 amide bonds. The lowest BCUT2D eigenvalue weighted by molar-refractivity contribution is -0.120. The van der Waals surface area contributed by atoms with E-state index in [1.54, 1.807) is 47.5 Å². The molecule has 7 heteroatoms. The van der Waals surface area contributed by atoms with E-state index < -0.39 is 6.04 Å². The summed E-state index contributed by atoms with van der Waals surface area (Å²) < 4.78 is 1.50. The maximum Gasteiger partial charge on any atom is 0.332 e. The lowest BCUT2D eigenvalue weighted by atomic mass is 9.98. The van der Waals surface area contributed by atoms with Gasteiger partial charge >= 0.3 is 6.03 Å². The number of anilines is 1. The molecule has 25 heavy (non-hydrogen) atoms. The number of piperidine rings is 1. The van der Waals surface area contributed by atoms with Crippen molar-refractivity contribution in [3.05, 3.63) is 59.0 Å². The maximum absolute atomic E-state index is 12.7. The van der Waals surface area contributed by atoms with Crippen molar-refractivity contribution in [1.29, 1.82) is 0 Å². The smallest absolute Gasteiger partial charge is 0.325 e. The third-order valence-corrected chi connectivity index (χ3v) is 4.80. The SMILES string of the molecule is N[C@@H]1CCCN2C(=O)N(c3ccc(-n4ccccc4=O)cc3)C(=O)[C@H]12. The van der Waals surface area contributed by atoms with Crippen LogP contribution in [-0.4, -0.2) is 40.0 Å². The number of pyridine rings is 1. The topological polar surface area (TPSA) is 88.6 Å². The van der Waals surface area contributed by atoms with Crippen molar-refractivity contribution in [2.75, 3.05) is 11.4 Å². The van der Waals surface area contributed by atoms with Gasteiger partial charge in [0.15, 0.2) is 0 Å². The Hall–Kier alpha value is -2.93. The zero-order valence-corrected chi connectivity index (χ0v) is 13.5. The number of imide groups is 1. The summed E-state index contributed by atoms with van der Waals surface area (Å²) >= 11 is 0. The molecule has 2 aliphatic heterocycles. The molecule has 0 spiro atoms. The van der Waals surface area contributed by atoms with Crippen LogP contribution in [-0.2, 0) is 4.79 Å². The molecule has 1 aromatic carbocycles. The number of hydrogen-bond acceptors (Lipinski definition) is 4. The summed E-state index contributed by atoms with van der Waals surface area (Å²) in [5, 5.41) is 0. The van der Waals surface area contributed by atoms with Crippen LogP contribution in [0.4, 0.5) is 10.5 Å². The molecule has 0 saturated carbocycles. The van der Waals surface area contributed by atoms with E-state index in [0.717, 1.165) is 12.8 Å². The number of fused-ring (bicyclic) bond motifs is 1. The van der Waals surface area contributed by atoms with Gasteiger partial charge in [-0.25, -0.2) is 9.69 Å². The average Bonchev–Trinajstić information content (AvgIpc) is 2.88. The first-order valence-corrected chi connectivity index (χ1v) is 8.26. The molecule has 2 aliphatic rings. The molecule has 2 aromatic rings. The highest BCUT2D eigenvalue weighted by atomic mass is 16.2. The fourth-order valence-corrected chi connectivity index (χ4v) is 3.55. The summed E-state index contributed by atoms with van der Waals surface area (Å²) in [6, 6.07) is 10.5. The van der Waals surface area contributed by atoms with E-state index in [4.69, 9.17) is 5.73 Å². The molecule has 2 fully saturated rings. The standard InChI is InChI=1S/C18H18N4O3/c19-14-4-3-11-21-16(14)17(24)22(18(21)25)13-8-6-12(7-9-13)20-10-2-1-5-15(20)23/h1-2,5-10,14,16H,3-4,11,19H2/t14-,16+/m1/s1. The number of amides is 3. The van der Waals surface area contributed by atoms with Crippen LogP contribution in [0.1, 0.15) is 12.8 Å². The Balaban J connectivity index is 1.66. The molecule has 2 saturated heterocycles. The van der Waals surface area contributed by atoms with Crippen molar-refractivity contribution >= 4 is 17.6 Å². The highest BCUT2D eigenvalue weighted by Gasteiger charge is 2.49. The highest BCUT2D eigenvalue weighted by Crippen LogP contribution is 2.30. The van der Waals surface area contributed by atoms with Crippen LogP contribution in [0.2, 0.25) is 0 Å². The van der Waals surface area contributed by atoms with Crippen molar-refractivity contribution in [2.24, 2.45) is 5.73 Å². The van der Waals surface area contributed by atoms with Gasteiger partial charge in [-0.05, 0) is 43.2 Å². The Morgan fingerprint density at radius 3 is 2.36 bits per heavy atom. The number of urea groups is 1. The average molecular weight is 338 g/mol. The van der Waals surface area contributed by atoms with Gasteiger partial charge in [-0.1, -0.05) is 6.07 Å². The van der Waals surface area contributed by atoms with Crippen LogP contribution in [0.5, 0.6) is 0 Å². The van der Waals surface area contributed by atoms with E-state index in [2.05, 4.69) is 0 Å². The second kappa shape index (κ2) is 5.86. The van der Waals surface area contributed by atoms with Crippen LogP contribution < -0.4 is 16.2 Å². The number of rotatable bonds is 2. The van der Waals surface area contributed by atoms with Crippen LogP contribution in [0.15, 0.2) is 53.5 Å². The number of aromatic nitrogens is 1. The Kier molecular flexibility index (Phi) is 3.65. The van der Waals surface area contributed by atoms with Gasteiger partial charge in [-0.15, -0.1) is 0 Å². The Labute approximate surface area is 144 Å². The van der Waals surface area contributed by atoms with Crippen LogP contribution >= 0.6 is 0 Å². The molecule has 2 N–H and O–H groups in total. The largest absolute Gasteiger partial charge is 0.332 e. The van der Waals surface area contributed by atoms with Crippen molar-refractivity contribution in [3.8, 4) is 5.69 Å². The zero-order valence-electron chi connectivity index (χ0n) is 13.5. The fourth-order valence-electron chi connectivity index (χ4n) is 3.55. The maximum atomic E-state index is 12.7. The molecule has 128 valence electrons. The number of hydrogen-bond donors (Lipinski definition) is 1. The Morgan fingerprint density at radius 1 is 0.960 bits per heavy atom. The minimum absolute atomic E-state index is 0.147. The van der Waals surface area contributed by atoms with E-state index in [-0.39, 0.29) is 23.5 Å². The summed E-state index contributed by atoms with van der Waals surface area (Å²) in [4.78, 5) is 40.0. The van der Waals surface area contributed by atoms with Gasteiger partial charge in [0.2, 0.25) is 0 Å². The fraction of sp³-hybridized carbons (Fsp3) is 0.278. The molecule has 4 rings (SSSR count). The highest BCUT2D eigenvalue weighted by molar-refractivity contribution is 6.21. The first-order valence-electron chi connectivity index (χ1n) is 8.26. The number of nitrogens with two attached hydrogens (primary N) is 1. The van der Waals surface area contributed by atoms with E-state index >= 15 is 0 Å². The second-order valence-electron chi connectivity index (χ2n) is 6.33. The van der Waals surface area contributed by atoms with Gasteiger partial charge in [0.05, 0.1) is 5.69 Å². The third kappa shape index (κ3) is 2.44. The summed E-state index contributed by atoms with van der Waals surface area (Å²) in [6.07, 6.45) is 3.22. The van der Waals surface area contributed by atoms with Gasteiger partial charge in [-0.2, -0.15) is 0 Å². The summed E-state index contributed by atoms with van der Waals surface area (Å²) in [6.45, 7) is 0.553. The van der Waals surface area contributed by atoms with Crippen molar-refractivity contribution in [2.45, 2.75) is 24.9 Å². The van der Waals surface area contributed by atoms with Gasteiger partial charge < -0.3 is 10.6 Å². The first kappa shape index (κ1) is 15.6. The van der Waals surface area contributed by atoms with Crippen molar-refractivity contribution in [1.82, 2.24) is 9.47 Å². The number of carbonyl (C=O) groups is 2. The van der Waals surface area contributed by atoms with Gasteiger partial charge in [-0.3, -0.25) is 14.2 Å². The zero-order chi connectivity index (χ0) is 17.6. The van der Waals surface area contributed by atoms with E-state index in [1.165, 1.54) is 15.5 Å². The van der Waals surface area contributed by atoms with E-state index in [0.29, 0.717) is 17.9 Å². The molecule has 1 aromatic heterocycles. The molecule has 3 heterocycles. The quantitative estimate of drug-likeness (QED) is 0.831. The molecule has 0 radical (unpaired) electrons. The predicted octanol–water partition coefficient (Wildman–Crippen LogP) is 1.10. The van der Waals surface area contributed by atoms with Crippen LogP contribution in [0, 0.1) is 0 Å². The van der Waals surface area contributed by atoms with Crippen LogP contribution in [0.25, 0.3) is 5.69 Å². The summed E-state index contributed by atoms with van der Waals surface area (Å²) in [7, 11) is 0. The number of benzene rings is 1. The summed E-state index contributed by atoms with van der Waals surface area (Å²) in [5.41, 5.74) is 7.06. The predicted molar refractivity (Wildman–Crippen MR) is 92.6 cm³/mol. The lowest BCUT2D eigenvalue weighted by Gasteiger charge is -2.31. The molecule has 2 atom stereocenters. The molecular formula is C18H18N4O3. The molecule has 0 unspecified atom stereocenters. The minimum atomic E-state index is -0.572. The Bertz CT molecular complexity index is 890. The second-order valence-corrected chi connectivity index (χ2v) is 6.33. The van der Waals surface area contributed by atoms with Crippen molar-refractivity contribution in [3.63, 3.8) is 0 Å². The normalized spacial score (nSPS) is 23.1. The molecule has 0 bridgehead atoms. The lowest BCUT2D eigenvalue weighted by Crippen LogP contribution is -2.52. The minimum Gasteiger partial charge on any atom is -0.325 e. The molecule has 0 aliphatic carbocycles. The van der Waals surface area contributed by atoms with E-state index in [1.807, 2.05) is 0 Å². The monoisotopic (exact) mass is 338 g/mol. The third-order valence-electron chi connectivity index (χ3n) is 4.80.